The molecule has 69 heavy (non-hydrogen) atoms. The molecule has 10 aromatic carbocycles. The van der Waals surface area contributed by atoms with Gasteiger partial charge in [-0.3, -0.25) is 0 Å². The van der Waals surface area contributed by atoms with E-state index >= 15 is 0 Å². The minimum atomic E-state index is 0.675. The van der Waals surface area contributed by atoms with Crippen LogP contribution in [0.2, 0.25) is 0 Å². The number of fused-ring (bicyclic) bond motifs is 9. The molecule has 4 heterocycles. The van der Waals surface area contributed by atoms with Crippen molar-refractivity contribution in [2.45, 2.75) is 0 Å². The predicted molar refractivity (Wildman–Crippen MR) is 287 cm³/mol. The minimum absolute atomic E-state index is 0.675. The van der Waals surface area contributed by atoms with E-state index in [0.717, 1.165) is 67.3 Å². The smallest absolute Gasteiger partial charge is 0.160 e. The largest absolute Gasteiger partial charge is 0.309 e. The van der Waals surface area contributed by atoms with Gasteiger partial charge in [0.2, 0.25) is 0 Å². The third-order valence-corrected chi connectivity index (χ3v) is 13.8. The molecule has 14 aromatic rings. The first-order chi connectivity index (χ1) is 34.2. The summed E-state index contributed by atoms with van der Waals surface area (Å²) in [5, 5.41) is 7.34. The molecule has 0 saturated carbocycles. The van der Waals surface area contributed by atoms with Gasteiger partial charge < -0.3 is 13.7 Å². The quantitative estimate of drug-likeness (QED) is 0.160. The first-order valence-corrected chi connectivity index (χ1v) is 23.5. The highest BCUT2D eigenvalue weighted by atomic mass is 15.0. The molecular weight excluding hydrogens is 839 g/mol. The lowest BCUT2D eigenvalue weighted by molar-refractivity contribution is 1.16. The molecule has 14 rings (SSSR count). The lowest BCUT2D eigenvalue weighted by atomic mass is 9.97. The number of nitrogens with zero attached hydrogens (tertiary/aromatic N) is 5. The van der Waals surface area contributed by atoms with Crippen LogP contribution in [0, 0.1) is 0 Å². The zero-order valence-electron chi connectivity index (χ0n) is 37.4. The van der Waals surface area contributed by atoms with E-state index in [2.05, 4.69) is 256 Å². The van der Waals surface area contributed by atoms with Gasteiger partial charge in [0.15, 0.2) is 5.82 Å². The van der Waals surface area contributed by atoms with Gasteiger partial charge in [-0.25, -0.2) is 9.97 Å². The third kappa shape index (κ3) is 6.32. The number of aromatic nitrogens is 5. The molecule has 0 unspecified atom stereocenters. The average Bonchev–Trinajstić information content (AvgIpc) is 4.07. The topological polar surface area (TPSA) is 40.6 Å². The molecule has 0 aliphatic carbocycles. The second kappa shape index (κ2) is 15.7. The van der Waals surface area contributed by atoms with E-state index in [1.54, 1.807) is 0 Å². The first-order valence-electron chi connectivity index (χ1n) is 23.5. The van der Waals surface area contributed by atoms with E-state index in [-0.39, 0.29) is 0 Å². The number of hydrogen-bond donors (Lipinski definition) is 0. The summed E-state index contributed by atoms with van der Waals surface area (Å²) in [7, 11) is 0. The van der Waals surface area contributed by atoms with E-state index < -0.39 is 0 Å². The normalized spacial score (nSPS) is 11.8. The Kier molecular flexibility index (Phi) is 8.83. The van der Waals surface area contributed by atoms with Crippen LogP contribution in [0.4, 0.5) is 0 Å². The van der Waals surface area contributed by atoms with Crippen molar-refractivity contribution in [3.8, 4) is 62.1 Å². The Balaban J connectivity index is 0.982. The highest BCUT2D eigenvalue weighted by Gasteiger charge is 2.19. The number of para-hydroxylation sites is 6. The van der Waals surface area contributed by atoms with Crippen LogP contribution in [-0.4, -0.2) is 23.7 Å². The lowest BCUT2D eigenvalue weighted by Gasteiger charge is -2.15. The number of rotatable bonds is 7. The van der Waals surface area contributed by atoms with Crippen LogP contribution >= 0.6 is 0 Å². The average molecular weight is 880 g/mol. The SMILES string of the molecule is c1ccc(-c2nc(-c3ccc(-n4c5ccccc5c5ccccc54)cc3)cc(-c3cc(-c4ccc5c(c4)c4ccccc4n5-c4ccccc4)cc(-n4c5ccccc5c5ccccc54)c3)n2)cc1. The van der Waals surface area contributed by atoms with E-state index in [0.29, 0.717) is 5.82 Å². The van der Waals surface area contributed by atoms with Crippen LogP contribution in [0.3, 0.4) is 0 Å². The summed E-state index contributed by atoms with van der Waals surface area (Å²) in [4.78, 5) is 10.7. The Morgan fingerprint density at radius 3 is 1.14 bits per heavy atom. The molecule has 0 amide bonds. The number of benzene rings is 10. The molecule has 0 radical (unpaired) electrons. The van der Waals surface area contributed by atoms with Gasteiger partial charge in [-0.2, -0.15) is 0 Å². The van der Waals surface area contributed by atoms with Gasteiger partial charge in [-0.1, -0.05) is 158 Å². The standard InChI is InChI=1S/C64H41N5/c1-3-17-43(18-4-1)64-65-56(42-31-34-48(35-32-42)68-58-26-12-7-21-50(58)51-22-8-13-27-59(51)68)41-57(66-64)46-37-45(38-49(39-46)69-60-28-14-9-23-52(60)53-24-10-15-29-61(53)69)44-33-36-63-55(40-44)54-25-11-16-30-62(54)67(63)47-19-5-2-6-20-47/h1-41H. The molecule has 322 valence electrons. The molecule has 5 nitrogen and oxygen atoms in total. The fourth-order valence-corrected chi connectivity index (χ4v) is 10.7. The van der Waals surface area contributed by atoms with Gasteiger partial charge in [0.05, 0.1) is 44.5 Å². The summed E-state index contributed by atoms with van der Waals surface area (Å²) in [6, 6.07) is 89.3. The molecule has 0 atom stereocenters. The second-order valence-corrected chi connectivity index (χ2v) is 17.8. The number of hydrogen-bond acceptors (Lipinski definition) is 2. The third-order valence-electron chi connectivity index (χ3n) is 13.8. The summed E-state index contributed by atoms with van der Waals surface area (Å²) in [6.07, 6.45) is 0. The summed E-state index contributed by atoms with van der Waals surface area (Å²) in [5.74, 6) is 0.675. The van der Waals surface area contributed by atoms with Crippen molar-refractivity contribution < 1.29 is 0 Å². The van der Waals surface area contributed by atoms with Crippen molar-refractivity contribution in [3.63, 3.8) is 0 Å². The molecule has 0 aliphatic heterocycles. The summed E-state index contributed by atoms with van der Waals surface area (Å²) in [5.41, 5.74) is 17.2. The highest BCUT2D eigenvalue weighted by molar-refractivity contribution is 6.12. The lowest BCUT2D eigenvalue weighted by Crippen LogP contribution is -1.99. The van der Waals surface area contributed by atoms with Gasteiger partial charge in [-0.15, -0.1) is 0 Å². The Bertz CT molecular complexity index is 4180. The Hall–Kier alpha value is -9.32. The van der Waals surface area contributed by atoms with Crippen molar-refractivity contribution in [1.82, 2.24) is 23.7 Å². The zero-order chi connectivity index (χ0) is 45.4. The highest BCUT2D eigenvalue weighted by Crippen LogP contribution is 2.40. The molecule has 0 bridgehead atoms. The van der Waals surface area contributed by atoms with Crippen LogP contribution < -0.4 is 0 Å². The molecule has 0 aliphatic rings. The maximum Gasteiger partial charge on any atom is 0.160 e. The van der Waals surface area contributed by atoms with Crippen LogP contribution in [0.1, 0.15) is 0 Å². The van der Waals surface area contributed by atoms with Crippen molar-refractivity contribution in [2.75, 3.05) is 0 Å². The van der Waals surface area contributed by atoms with Gasteiger partial charge in [0.25, 0.3) is 0 Å². The second-order valence-electron chi connectivity index (χ2n) is 17.8. The van der Waals surface area contributed by atoms with Crippen LogP contribution in [0.15, 0.2) is 249 Å². The molecule has 5 heteroatoms. The molecule has 0 saturated heterocycles. The fraction of sp³-hybridized carbons (Fsp3) is 0. The van der Waals surface area contributed by atoms with Crippen molar-refractivity contribution in [1.29, 1.82) is 0 Å². The maximum absolute atomic E-state index is 5.41. The van der Waals surface area contributed by atoms with Crippen LogP contribution in [-0.2, 0) is 0 Å². The van der Waals surface area contributed by atoms with Crippen molar-refractivity contribution >= 4 is 65.4 Å². The Morgan fingerprint density at radius 2 is 0.609 bits per heavy atom. The predicted octanol–water partition coefficient (Wildman–Crippen LogP) is 16.4. The molecule has 0 fully saturated rings. The summed E-state index contributed by atoms with van der Waals surface area (Å²) < 4.78 is 7.14. The van der Waals surface area contributed by atoms with Gasteiger partial charge in [0.1, 0.15) is 0 Å². The minimum Gasteiger partial charge on any atom is -0.309 e. The zero-order valence-corrected chi connectivity index (χ0v) is 37.4. The van der Waals surface area contributed by atoms with Crippen molar-refractivity contribution in [3.05, 3.63) is 249 Å². The molecule has 0 N–H and O–H groups in total. The Labute approximate surface area is 398 Å². The monoisotopic (exact) mass is 879 g/mol. The van der Waals surface area contributed by atoms with Crippen molar-refractivity contribution in [2.24, 2.45) is 0 Å². The van der Waals surface area contributed by atoms with Gasteiger partial charge >= 0.3 is 0 Å². The first kappa shape index (κ1) is 38.9. The molecule has 0 spiro atoms. The molecule has 4 aromatic heterocycles. The summed E-state index contributed by atoms with van der Waals surface area (Å²) >= 11 is 0. The van der Waals surface area contributed by atoms with E-state index in [1.807, 2.05) is 6.07 Å². The van der Waals surface area contributed by atoms with Crippen LogP contribution in [0.25, 0.3) is 128 Å². The van der Waals surface area contributed by atoms with E-state index in [1.165, 1.54) is 54.4 Å². The van der Waals surface area contributed by atoms with Crippen LogP contribution in [0.5, 0.6) is 0 Å². The van der Waals surface area contributed by atoms with E-state index in [9.17, 15) is 0 Å². The Morgan fingerprint density at radius 1 is 0.217 bits per heavy atom. The van der Waals surface area contributed by atoms with Gasteiger partial charge in [0, 0.05) is 66.1 Å². The molecular formula is C64H41N5. The van der Waals surface area contributed by atoms with E-state index in [4.69, 9.17) is 9.97 Å². The maximum atomic E-state index is 5.41. The summed E-state index contributed by atoms with van der Waals surface area (Å²) in [6.45, 7) is 0. The van der Waals surface area contributed by atoms with Gasteiger partial charge in [-0.05, 0) is 102 Å². The fourth-order valence-electron chi connectivity index (χ4n) is 10.7.